The van der Waals surface area contributed by atoms with Gasteiger partial charge in [-0.2, -0.15) is 5.10 Å². The molecule has 7 heteroatoms. The molecule has 0 spiro atoms. The Morgan fingerprint density at radius 3 is 2.76 bits per heavy atom. The predicted molar refractivity (Wildman–Crippen MR) is 99.5 cm³/mol. The SMILES string of the molecule is CCCCOc1ccc(/C=N\NC(=O)c2ccc(Br)o2)cc1OCC. The van der Waals surface area contributed by atoms with Crippen molar-refractivity contribution in [2.45, 2.75) is 26.7 Å². The second-order valence-corrected chi connectivity index (χ2v) is 5.93. The molecule has 0 unspecified atom stereocenters. The summed E-state index contributed by atoms with van der Waals surface area (Å²) in [5.41, 5.74) is 3.20. The highest BCUT2D eigenvalue weighted by Crippen LogP contribution is 2.28. The zero-order valence-electron chi connectivity index (χ0n) is 14.3. The first kappa shape index (κ1) is 19.1. The molecule has 0 saturated carbocycles. The summed E-state index contributed by atoms with van der Waals surface area (Å²) in [7, 11) is 0. The maximum atomic E-state index is 11.8. The maximum Gasteiger partial charge on any atom is 0.307 e. The van der Waals surface area contributed by atoms with Gasteiger partial charge in [0.1, 0.15) is 0 Å². The summed E-state index contributed by atoms with van der Waals surface area (Å²) < 4.78 is 17.0. The van der Waals surface area contributed by atoms with E-state index in [9.17, 15) is 4.79 Å². The smallest absolute Gasteiger partial charge is 0.307 e. The number of carbonyl (C=O) groups is 1. The molecule has 1 amide bonds. The van der Waals surface area contributed by atoms with E-state index in [0.29, 0.717) is 29.4 Å². The molecule has 1 heterocycles. The van der Waals surface area contributed by atoms with Crippen LogP contribution < -0.4 is 14.9 Å². The lowest BCUT2D eigenvalue weighted by Gasteiger charge is -2.12. The molecule has 0 aliphatic rings. The molecule has 134 valence electrons. The molecule has 2 rings (SSSR count). The summed E-state index contributed by atoms with van der Waals surface area (Å²) in [5, 5.41) is 3.94. The van der Waals surface area contributed by atoms with Gasteiger partial charge in [0.05, 0.1) is 19.4 Å². The Labute approximate surface area is 155 Å². The Morgan fingerprint density at radius 1 is 1.24 bits per heavy atom. The number of ether oxygens (including phenoxy) is 2. The lowest BCUT2D eigenvalue weighted by Crippen LogP contribution is -2.16. The van der Waals surface area contributed by atoms with Crippen molar-refractivity contribution >= 4 is 28.1 Å². The standard InChI is InChI=1S/C18H21BrN2O4/c1-3-5-10-24-14-7-6-13(11-16(14)23-4-2)12-20-21-18(22)15-8-9-17(19)25-15/h6-9,11-12H,3-5,10H2,1-2H3,(H,21,22)/b20-12-. The van der Waals surface area contributed by atoms with Crippen molar-refractivity contribution in [1.82, 2.24) is 5.43 Å². The average molecular weight is 409 g/mol. The van der Waals surface area contributed by atoms with Gasteiger partial charge in [-0.3, -0.25) is 4.79 Å². The molecule has 0 atom stereocenters. The van der Waals surface area contributed by atoms with Gasteiger partial charge < -0.3 is 13.9 Å². The van der Waals surface area contributed by atoms with Gasteiger partial charge in [-0.25, -0.2) is 5.43 Å². The quantitative estimate of drug-likeness (QED) is 0.379. The van der Waals surface area contributed by atoms with E-state index in [2.05, 4.69) is 33.4 Å². The van der Waals surface area contributed by atoms with Crippen LogP contribution in [0.5, 0.6) is 11.5 Å². The summed E-state index contributed by atoms with van der Waals surface area (Å²) in [6, 6.07) is 8.72. The highest BCUT2D eigenvalue weighted by molar-refractivity contribution is 9.10. The van der Waals surface area contributed by atoms with Crippen LogP contribution in [-0.4, -0.2) is 25.3 Å². The molecule has 1 aromatic heterocycles. The van der Waals surface area contributed by atoms with Gasteiger partial charge in [0.2, 0.25) is 0 Å². The monoisotopic (exact) mass is 408 g/mol. The van der Waals surface area contributed by atoms with Crippen LogP contribution in [0.3, 0.4) is 0 Å². The molecule has 1 N–H and O–H groups in total. The van der Waals surface area contributed by atoms with Crippen LogP contribution >= 0.6 is 15.9 Å². The Bertz CT molecular complexity index is 728. The minimum atomic E-state index is -0.425. The van der Waals surface area contributed by atoms with Crippen molar-refractivity contribution in [1.29, 1.82) is 0 Å². The second-order valence-electron chi connectivity index (χ2n) is 5.14. The topological polar surface area (TPSA) is 73.1 Å². The van der Waals surface area contributed by atoms with Crippen molar-refractivity contribution in [3.05, 3.63) is 46.3 Å². The maximum absolute atomic E-state index is 11.8. The van der Waals surface area contributed by atoms with Crippen LogP contribution in [0.4, 0.5) is 0 Å². The molecule has 0 radical (unpaired) electrons. The van der Waals surface area contributed by atoms with Crippen molar-refractivity contribution in [3.63, 3.8) is 0 Å². The third-order valence-corrected chi connectivity index (χ3v) is 3.63. The highest BCUT2D eigenvalue weighted by atomic mass is 79.9. The van der Waals surface area contributed by atoms with E-state index in [-0.39, 0.29) is 5.76 Å². The molecule has 0 aliphatic heterocycles. The lowest BCUT2D eigenvalue weighted by molar-refractivity contribution is 0.0926. The number of amides is 1. The molecule has 0 fully saturated rings. The summed E-state index contributed by atoms with van der Waals surface area (Å²) in [6.07, 6.45) is 3.60. The fraction of sp³-hybridized carbons (Fsp3) is 0.333. The normalized spacial score (nSPS) is 10.8. The molecule has 0 bridgehead atoms. The summed E-state index contributed by atoms with van der Waals surface area (Å²) >= 11 is 3.15. The number of furan rings is 1. The zero-order valence-corrected chi connectivity index (χ0v) is 15.8. The minimum absolute atomic E-state index is 0.179. The Balaban J connectivity index is 2.00. The molecular weight excluding hydrogens is 388 g/mol. The number of nitrogens with one attached hydrogen (secondary N) is 1. The first-order valence-electron chi connectivity index (χ1n) is 8.12. The molecule has 2 aromatic rings. The van der Waals surface area contributed by atoms with Gasteiger partial charge in [0.15, 0.2) is 21.9 Å². The summed E-state index contributed by atoms with van der Waals surface area (Å²) in [6.45, 7) is 5.22. The third-order valence-electron chi connectivity index (χ3n) is 3.20. The van der Waals surface area contributed by atoms with E-state index in [0.717, 1.165) is 18.4 Å². The number of halogens is 1. The molecule has 1 aromatic carbocycles. The molecule has 0 aliphatic carbocycles. The predicted octanol–water partition coefficient (Wildman–Crippen LogP) is 4.38. The first-order valence-corrected chi connectivity index (χ1v) is 8.91. The number of hydrogen-bond acceptors (Lipinski definition) is 5. The highest BCUT2D eigenvalue weighted by Gasteiger charge is 2.09. The fourth-order valence-electron chi connectivity index (χ4n) is 1.98. The van der Waals surface area contributed by atoms with Gasteiger partial charge in [0.25, 0.3) is 0 Å². The third kappa shape index (κ3) is 5.94. The van der Waals surface area contributed by atoms with Crippen LogP contribution in [0.15, 0.2) is 44.5 Å². The Morgan fingerprint density at radius 2 is 2.08 bits per heavy atom. The number of hydrogen-bond donors (Lipinski definition) is 1. The van der Waals surface area contributed by atoms with Crippen LogP contribution in [-0.2, 0) is 0 Å². The van der Waals surface area contributed by atoms with Gasteiger partial charge in [0, 0.05) is 0 Å². The number of carbonyl (C=O) groups excluding carboxylic acids is 1. The molecule has 0 saturated heterocycles. The lowest BCUT2D eigenvalue weighted by atomic mass is 10.2. The zero-order chi connectivity index (χ0) is 18.1. The fourth-order valence-corrected chi connectivity index (χ4v) is 2.28. The van der Waals surface area contributed by atoms with Crippen LogP contribution in [0.25, 0.3) is 0 Å². The van der Waals surface area contributed by atoms with E-state index >= 15 is 0 Å². The number of rotatable bonds is 9. The van der Waals surface area contributed by atoms with Crippen LogP contribution in [0, 0.1) is 0 Å². The molecule has 25 heavy (non-hydrogen) atoms. The van der Waals surface area contributed by atoms with Crippen molar-refractivity contribution < 1.29 is 18.7 Å². The van der Waals surface area contributed by atoms with Gasteiger partial charge in [-0.05, 0) is 65.2 Å². The van der Waals surface area contributed by atoms with Gasteiger partial charge in [-0.1, -0.05) is 13.3 Å². The van der Waals surface area contributed by atoms with Crippen molar-refractivity contribution in [3.8, 4) is 11.5 Å². The van der Waals surface area contributed by atoms with Crippen molar-refractivity contribution in [2.24, 2.45) is 5.10 Å². The summed E-state index contributed by atoms with van der Waals surface area (Å²) in [5.74, 6) is 1.12. The number of benzene rings is 1. The average Bonchev–Trinajstić information content (AvgIpc) is 3.03. The van der Waals surface area contributed by atoms with E-state index in [1.807, 2.05) is 25.1 Å². The number of nitrogens with zero attached hydrogens (tertiary/aromatic N) is 1. The molecule has 6 nitrogen and oxygen atoms in total. The largest absolute Gasteiger partial charge is 0.490 e. The Hall–Kier alpha value is -2.28. The first-order chi connectivity index (χ1) is 12.1. The van der Waals surface area contributed by atoms with Crippen LogP contribution in [0.2, 0.25) is 0 Å². The summed E-state index contributed by atoms with van der Waals surface area (Å²) in [4.78, 5) is 11.8. The van der Waals surface area contributed by atoms with Gasteiger partial charge >= 0.3 is 5.91 Å². The number of hydrazone groups is 1. The van der Waals surface area contributed by atoms with E-state index in [4.69, 9.17) is 13.9 Å². The minimum Gasteiger partial charge on any atom is -0.490 e. The molecular formula is C18H21BrN2O4. The van der Waals surface area contributed by atoms with E-state index < -0.39 is 5.91 Å². The van der Waals surface area contributed by atoms with E-state index in [1.54, 1.807) is 12.1 Å². The second kappa shape index (κ2) is 9.88. The van der Waals surface area contributed by atoms with Crippen molar-refractivity contribution in [2.75, 3.05) is 13.2 Å². The number of unbranched alkanes of at least 4 members (excludes halogenated alkanes) is 1. The van der Waals surface area contributed by atoms with Gasteiger partial charge in [-0.15, -0.1) is 0 Å². The Kier molecular flexibility index (Phi) is 7.53. The van der Waals surface area contributed by atoms with Crippen LogP contribution in [0.1, 0.15) is 42.8 Å². The van der Waals surface area contributed by atoms with E-state index in [1.165, 1.54) is 6.21 Å².